The molecule has 0 spiro atoms. The van der Waals surface area contributed by atoms with E-state index in [4.69, 9.17) is 42.8 Å². The number of ether oxygens (including phenoxy) is 4. The monoisotopic (exact) mass is 1070 g/mol. The third-order valence-electron chi connectivity index (χ3n) is 12.0. The van der Waals surface area contributed by atoms with Crippen LogP contribution in [0.15, 0.2) is 0 Å². The summed E-state index contributed by atoms with van der Waals surface area (Å²) in [5.74, 6) is -2.43. The zero-order valence-corrected chi connectivity index (χ0v) is 46.9. The van der Waals surface area contributed by atoms with Gasteiger partial charge in [-0.2, -0.15) is 0 Å². The van der Waals surface area contributed by atoms with E-state index in [2.05, 4.69) is 27.7 Å². The molecule has 5 N–H and O–H groups in total. The van der Waals surface area contributed by atoms with E-state index in [1.54, 1.807) is 0 Å². The molecule has 0 amide bonds. The number of hydrogen-bond donors (Lipinski definition) is 4. The Balaban J connectivity index is 5.25. The Hall–Kier alpha value is -1.98. The Morgan fingerprint density at radius 1 is 0.403 bits per heavy atom. The first-order chi connectivity index (χ1) is 34.6. The smallest absolute Gasteiger partial charge is 0.462 e. The number of phosphoric ester groups is 2. The Bertz CT molecular complexity index is 1440. The minimum atomic E-state index is -4.97. The summed E-state index contributed by atoms with van der Waals surface area (Å²) in [5.41, 5.74) is 6.11. The van der Waals surface area contributed by atoms with E-state index >= 15 is 0 Å². The van der Waals surface area contributed by atoms with Gasteiger partial charge >= 0.3 is 39.5 Å². The molecule has 0 saturated carbocycles. The summed E-state index contributed by atoms with van der Waals surface area (Å²) < 4.78 is 67.2. The maximum absolute atomic E-state index is 12.9. The molecule has 18 nitrogen and oxygen atoms in total. The highest BCUT2D eigenvalue weighted by Crippen LogP contribution is 2.45. The first-order valence-corrected chi connectivity index (χ1v) is 30.9. The SMILES string of the molecule is CCCCCCCCCCCC(=O)O[C@H](COC(=O)CCCCCCCCCC)COP(=O)(O)OC[C@@H](O)COP(=O)(O)OC[C@@H](COC(=O)CCCCCCC)OC(=O)[C@@H](N)CCCCCCCCCC. The minimum absolute atomic E-state index is 0.0997. The number of carbonyl (C=O) groups is 4. The summed E-state index contributed by atoms with van der Waals surface area (Å²) in [6.07, 6.45) is 27.3. The topological polar surface area (TPSA) is 263 Å². The van der Waals surface area contributed by atoms with Gasteiger partial charge in [0.2, 0.25) is 0 Å². The molecule has 2 unspecified atom stereocenters. The van der Waals surface area contributed by atoms with Gasteiger partial charge in [0, 0.05) is 19.3 Å². The molecule has 72 heavy (non-hydrogen) atoms. The third kappa shape index (κ3) is 45.4. The molecular formula is C52H101NO17P2. The number of hydrogen-bond acceptors (Lipinski definition) is 16. The predicted molar refractivity (Wildman–Crippen MR) is 279 cm³/mol. The molecule has 0 aromatic heterocycles. The lowest BCUT2D eigenvalue weighted by Crippen LogP contribution is -2.38. The van der Waals surface area contributed by atoms with Crippen LogP contribution in [0.4, 0.5) is 0 Å². The van der Waals surface area contributed by atoms with Crippen molar-refractivity contribution in [3.63, 3.8) is 0 Å². The molecule has 0 aliphatic rings. The maximum Gasteiger partial charge on any atom is 0.472 e. The van der Waals surface area contributed by atoms with Crippen LogP contribution >= 0.6 is 15.6 Å². The van der Waals surface area contributed by atoms with Gasteiger partial charge in [0.25, 0.3) is 0 Å². The number of rotatable bonds is 53. The fraction of sp³-hybridized carbons (Fsp3) is 0.923. The van der Waals surface area contributed by atoms with Gasteiger partial charge in [0.05, 0.1) is 26.4 Å². The van der Waals surface area contributed by atoms with Gasteiger partial charge in [-0.05, 0) is 25.7 Å². The lowest BCUT2D eigenvalue weighted by Gasteiger charge is -2.22. The van der Waals surface area contributed by atoms with E-state index in [-0.39, 0.29) is 19.3 Å². The summed E-state index contributed by atoms with van der Waals surface area (Å²) in [5, 5.41) is 10.4. The fourth-order valence-electron chi connectivity index (χ4n) is 7.55. The third-order valence-corrected chi connectivity index (χ3v) is 13.9. The van der Waals surface area contributed by atoms with Crippen LogP contribution in [0.5, 0.6) is 0 Å². The first-order valence-electron chi connectivity index (χ1n) is 28.0. The maximum atomic E-state index is 12.9. The van der Waals surface area contributed by atoms with Crippen molar-refractivity contribution in [1.29, 1.82) is 0 Å². The normalized spacial score (nSPS) is 14.9. The lowest BCUT2D eigenvalue weighted by molar-refractivity contribution is -0.162. The molecule has 20 heteroatoms. The quantitative estimate of drug-likeness (QED) is 0.0191. The number of esters is 4. The molecule has 6 atom stereocenters. The molecule has 0 bridgehead atoms. The van der Waals surface area contributed by atoms with E-state index in [0.717, 1.165) is 103 Å². The second-order valence-corrected chi connectivity index (χ2v) is 22.1. The minimum Gasteiger partial charge on any atom is -0.462 e. The van der Waals surface area contributed by atoms with E-state index < -0.39 is 104 Å². The van der Waals surface area contributed by atoms with Crippen molar-refractivity contribution in [3.05, 3.63) is 0 Å². The van der Waals surface area contributed by atoms with Crippen molar-refractivity contribution in [2.24, 2.45) is 5.73 Å². The van der Waals surface area contributed by atoms with Crippen LogP contribution in [0.3, 0.4) is 0 Å². The second kappa shape index (κ2) is 47.5. The van der Waals surface area contributed by atoms with Gasteiger partial charge in [-0.1, -0.05) is 201 Å². The average molecular weight is 1070 g/mol. The molecular weight excluding hydrogens is 973 g/mol. The van der Waals surface area contributed by atoms with Gasteiger partial charge < -0.3 is 39.6 Å². The van der Waals surface area contributed by atoms with Crippen LogP contribution in [0, 0.1) is 0 Å². The largest absolute Gasteiger partial charge is 0.472 e. The highest BCUT2D eigenvalue weighted by Gasteiger charge is 2.31. The molecule has 426 valence electrons. The van der Waals surface area contributed by atoms with Crippen molar-refractivity contribution in [3.8, 4) is 0 Å². The molecule has 0 aliphatic heterocycles. The average Bonchev–Trinajstić information content (AvgIpc) is 3.35. The molecule has 0 rings (SSSR count). The van der Waals surface area contributed by atoms with Crippen molar-refractivity contribution < 1.29 is 80.2 Å². The van der Waals surface area contributed by atoms with Crippen LogP contribution < -0.4 is 5.73 Å². The number of carbonyl (C=O) groups excluding carboxylic acids is 4. The van der Waals surface area contributed by atoms with Crippen LogP contribution in [-0.4, -0.2) is 103 Å². The predicted octanol–water partition coefficient (Wildman–Crippen LogP) is 12.2. The molecule has 0 aliphatic carbocycles. The summed E-state index contributed by atoms with van der Waals surface area (Å²) in [4.78, 5) is 71.5. The fourth-order valence-corrected chi connectivity index (χ4v) is 9.13. The number of unbranched alkanes of at least 4 members (excludes halogenated alkanes) is 26. The second-order valence-electron chi connectivity index (χ2n) is 19.1. The van der Waals surface area contributed by atoms with Crippen LogP contribution in [0.1, 0.15) is 246 Å². The highest BCUT2D eigenvalue weighted by atomic mass is 31.2. The summed E-state index contributed by atoms with van der Waals surface area (Å²) in [6, 6.07) is -0.983. The molecule has 0 saturated heterocycles. The summed E-state index contributed by atoms with van der Waals surface area (Å²) in [6.45, 7) is 4.45. The standard InChI is InChI=1S/C52H101NO17P2/c1-5-9-13-17-20-23-26-30-34-38-51(57)69-46(41-63-49(55)37-33-29-25-22-19-15-11-7-3)43-67-71(59,60)65-39-45(54)40-66-72(61,62)68-44-47(42-64-50(56)36-32-27-16-12-8-4)70-52(58)48(53)35-31-28-24-21-18-14-10-6-2/h45-48,54H,5-44,53H2,1-4H3,(H,59,60)(H,61,62)/t45-,46-,47-,48+/m1/s1. The molecule has 0 fully saturated rings. The van der Waals surface area contributed by atoms with Crippen LogP contribution in [0.2, 0.25) is 0 Å². The van der Waals surface area contributed by atoms with Gasteiger partial charge in [-0.25, -0.2) is 9.13 Å². The van der Waals surface area contributed by atoms with Crippen molar-refractivity contribution in [1.82, 2.24) is 0 Å². The first kappa shape index (κ1) is 70.0. The summed E-state index contributed by atoms with van der Waals surface area (Å²) in [7, 11) is -9.91. The van der Waals surface area contributed by atoms with Gasteiger partial charge in [0.1, 0.15) is 25.4 Å². The zero-order chi connectivity index (χ0) is 53.6. The zero-order valence-electron chi connectivity index (χ0n) is 45.1. The van der Waals surface area contributed by atoms with E-state index in [1.165, 1.54) is 64.2 Å². The number of nitrogens with two attached hydrogens (primary N) is 1. The Morgan fingerprint density at radius 2 is 0.694 bits per heavy atom. The van der Waals surface area contributed by atoms with E-state index in [9.17, 15) is 43.2 Å². The van der Waals surface area contributed by atoms with Crippen molar-refractivity contribution in [2.45, 2.75) is 270 Å². The number of aliphatic hydroxyl groups excluding tert-OH is 1. The lowest BCUT2D eigenvalue weighted by atomic mass is 10.1. The van der Waals surface area contributed by atoms with Gasteiger partial charge in [-0.15, -0.1) is 0 Å². The molecule has 0 heterocycles. The molecule has 0 radical (unpaired) electrons. The van der Waals surface area contributed by atoms with Gasteiger partial charge in [0.15, 0.2) is 12.2 Å². The highest BCUT2D eigenvalue weighted by molar-refractivity contribution is 7.47. The molecule has 0 aromatic rings. The van der Waals surface area contributed by atoms with Crippen LogP contribution in [0.25, 0.3) is 0 Å². The number of aliphatic hydroxyl groups is 1. The van der Waals surface area contributed by atoms with E-state index in [1.807, 2.05) is 0 Å². The van der Waals surface area contributed by atoms with Crippen molar-refractivity contribution in [2.75, 3.05) is 39.6 Å². The Morgan fingerprint density at radius 3 is 1.06 bits per heavy atom. The van der Waals surface area contributed by atoms with Gasteiger partial charge in [-0.3, -0.25) is 37.3 Å². The Labute approximate surface area is 434 Å². The number of phosphoric acid groups is 2. The van der Waals surface area contributed by atoms with E-state index in [0.29, 0.717) is 32.1 Å². The Kier molecular flexibility index (Phi) is 46.2. The summed E-state index contributed by atoms with van der Waals surface area (Å²) >= 11 is 0. The van der Waals surface area contributed by atoms with Crippen molar-refractivity contribution >= 4 is 39.5 Å². The van der Waals surface area contributed by atoms with Crippen LogP contribution in [-0.2, 0) is 65.4 Å². The molecule has 0 aromatic carbocycles.